The monoisotopic (exact) mass is 378 g/mol. The number of carbonyl (C=O) groups excluding carboxylic acids is 1. The molecular formula is C19H27FN4O3. The summed E-state index contributed by atoms with van der Waals surface area (Å²) in [4.78, 5) is 16.0. The Morgan fingerprint density at radius 3 is 2.67 bits per heavy atom. The molecule has 0 amide bonds. The standard InChI is InChI=1S/C19H27FN4O3/c1-26-15-10-24(11-15)14-5-7-23(8-6-14)16-4-2-3-13(19(16)20)12-27-18(25)9-17(21)22/h2-4,14-15H,5-12H2,1H3,(H3,21,22). The average Bonchev–Trinajstić information content (AvgIpc) is 2.60. The minimum atomic E-state index is -0.628. The molecule has 1 aromatic carbocycles. The number of halogens is 1. The lowest BCUT2D eigenvalue weighted by atomic mass is 9.98. The van der Waals surface area contributed by atoms with Crippen molar-refractivity contribution in [2.45, 2.75) is 38.0 Å². The molecule has 2 aliphatic heterocycles. The molecule has 0 saturated carbocycles. The number of hydrogen-bond donors (Lipinski definition) is 2. The number of nitrogens with one attached hydrogen (secondary N) is 1. The van der Waals surface area contributed by atoms with E-state index in [4.69, 9.17) is 20.6 Å². The number of carbonyl (C=O) groups is 1. The molecule has 2 heterocycles. The molecule has 2 aliphatic rings. The first-order valence-corrected chi connectivity index (χ1v) is 9.25. The van der Waals surface area contributed by atoms with Crippen molar-refractivity contribution in [3.63, 3.8) is 0 Å². The smallest absolute Gasteiger partial charge is 0.313 e. The summed E-state index contributed by atoms with van der Waals surface area (Å²) in [7, 11) is 1.75. The molecule has 7 nitrogen and oxygen atoms in total. The van der Waals surface area contributed by atoms with Crippen LogP contribution in [-0.2, 0) is 20.9 Å². The fourth-order valence-corrected chi connectivity index (χ4v) is 3.68. The predicted octanol–water partition coefficient (Wildman–Crippen LogP) is 1.49. The lowest BCUT2D eigenvalue weighted by Gasteiger charge is -2.46. The molecule has 0 spiro atoms. The predicted molar refractivity (Wildman–Crippen MR) is 100 cm³/mol. The second-order valence-electron chi connectivity index (χ2n) is 7.14. The minimum Gasteiger partial charge on any atom is -0.460 e. The number of hydrogen-bond acceptors (Lipinski definition) is 6. The quantitative estimate of drug-likeness (QED) is 0.424. The van der Waals surface area contributed by atoms with Crippen LogP contribution in [0.25, 0.3) is 0 Å². The van der Waals surface area contributed by atoms with Crippen LogP contribution in [0.2, 0.25) is 0 Å². The molecule has 3 N–H and O–H groups in total. The summed E-state index contributed by atoms with van der Waals surface area (Å²) in [5, 5.41) is 7.09. The highest BCUT2D eigenvalue weighted by Crippen LogP contribution is 2.29. The number of nitrogens with two attached hydrogens (primary N) is 1. The summed E-state index contributed by atoms with van der Waals surface area (Å²) < 4.78 is 25.2. The second kappa shape index (κ2) is 8.67. The van der Waals surface area contributed by atoms with E-state index in [0.29, 0.717) is 23.4 Å². The van der Waals surface area contributed by atoms with Gasteiger partial charge < -0.3 is 20.1 Å². The Morgan fingerprint density at radius 2 is 2.04 bits per heavy atom. The molecule has 0 aromatic heterocycles. The number of nitrogens with zero attached hydrogens (tertiary/aromatic N) is 2. The number of esters is 1. The van der Waals surface area contributed by atoms with Gasteiger partial charge in [0.25, 0.3) is 0 Å². The Labute approximate surface area is 158 Å². The first kappa shape index (κ1) is 19.6. The summed E-state index contributed by atoms with van der Waals surface area (Å²) in [6, 6.07) is 5.68. The molecule has 0 unspecified atom stereocenters. The van der Waals surface area contributed by atoms with Crippen molar-refractivity contribution in [3.05, 3.63) is 29.6 Å². The second-order valence-corrected chi connectivity index (χ2v) is 7.14. The fraction of sp³-hybridized carbons (Fsp3) is 0.579. The molecule has 8 heteroatoms. The SMILES string of the molecule is COC1CN(C2CCN(c3cccc(COC(=O)CC(=N)N)c3F)CC2)C1. The van der Waals surface area contributed by atoms with Gasteiger partial charge in [0.05, 0.1) is 11.8 Å². The van der Waals surface area contributed by atoms with E-state index in [-0.39, 0.29) is 24.7 Å². The van der Waals surface area contributed by atoms with Gasteiger partial charge in [0, 0.05) is 44.9 Å². The van der Waals surface area contributed by atoms with Gasteiger partial charge >= 0.3 is 5.97 Å². The average molecular weight is 378 g/mol. The number of benzene rings is 1. The van der Waals surface area contributed by atoms with Gasteiger partial charge in [-0.2, -0.15) is 0 Å². The van der Waals surface area contributed by atoms with Crippen molar-refractivity contribution in [1.82, 2.24) is 4.90 Å². The molecule has 1 aromatic rings. The zero-order valence-corrected chi connectivity index (χ0v) is 15.6. The first-order valence-electron chi connectivity index (χ1n) is 9.25. The molecule has 2 saturated heterocycles. The van der Waals surface area contributed by atoms with Gasteiger partial charge in [-0.1, -0.05) is 12.1 Å². The maximum Gasteiger partial charge on any atom is 0.313 e. The van der Waals surface area contributed by atoms with Crippen molar-refractivity contribution in [3.8, 4) is 0 Å². The summed E-state index contributed by atoms with van der Waals surface area (Å²) >= 11 is 0. The van der Waals surface area contributed by atoms with Crippen molar-refractivity contribution < 1.29 is 18.7 Å². The van der Waals surface area contributed by atoms with E-state index in [2.05, 4.69) is 9.80 Å². The first-order chi connectivity index (χ1) is 13.0. The molecule has 0 aliphatic carbocycles. The van der Waals surface area contributed by atoms with Gasteiger partial charge in [-0.3, -0.25) is 15.1 Å². The summed E-state index contributed by atoms with van der Waals surface area (Å²) in [6.45, 7) is 3.40. The number of ether oxygens (including phenoxy) is 2. The van der Waals surface area contributed by atoms with E-state index in [1.807, 2.05) is 0 Å². The van der Waals surface area contributed by atoms with Crippen molar-refractivity contribution in [1.29, 1.82) is 5.41 Å². The lowest BCUT2D eigenvalue weighted by Crippen LogP contribution is -2.58. The molecule has 148 valence electrons. The van der Waals surface area contributed by atoms with Gasteiger partial charge in [0.2, 0.25) is 0 Å². The normalized spacial score (nSPS) is 19.0. The highest BCUT2D eigenvalue weighted by Gasteiger charge is 2.34. The van der Waals surface area contributed by atoms with Crippen LogP contribution in [0.1, 0.15) is 24.8 Å². The van der Waals surface area contributed by atoms with E-state index in [9.17, 15) is 9.18 Å². The molecule has 27 heavy (non-hydrogen) atoms. The maximum absolute atomic E-state index is 14.9. The number of rotatable bonds is 7. The molecule has 0 atom stereocenters. The van der Waals surface area contributed by atoms with Crippen molar-refractivity contribution >= 4 is 17.5 Å². The van der Waals surface area contributed by atoms with Gasteiger partial charge in [0.1, 0.15) is 18.9 Å². The Bertz CT molecular complexity index is 686. The van der Waals surface area contributed by atoms with Crippen LogP contribution in [0, 0.1) is 11.2 Å². The van der Waals surface area contributed by atoms with Crippen molar-refractivity contribution in [2.75, 3.05) is 38.2 Å². The topological polar surface area (TPSA) is 91.9 Å². The zero-order chi connectivity index (χ0) is 19.4. The van der Waals surface area contributed by atoms with Crippen LogP contribution >= 0.6 is 0 Å². The molecule has 0 radical (unpaired) electrons. The third kappa shape index (κ3) is 4.75. The van der Waals surface area contributed by atoms with Crippen molar-refractivity contribution in [2.24, 2.45) is 5.73 Å². The third-order valence-corrected chi connectivity index (χ3v) is 5.31. The molecule has 2 fully saturated rings. The Morgan fingerprint density at radius 1 is 1.33 bits per heavy atom. The third-order valence-electron chi connectivity index (χ3n) is 5.31. The lowest BCUT2D eigenvalue weighted by molar-refractivity contribution is -0.143. The summed E-state index contributed by atoms with van der Waals surface area (Å²) in [5.74, 6) is -1.25. The van der Waals surface area contributed by atoms with Crippen LogP contribution in [0.5, 0.6) is 0 Å². The van der Waals surface area contributed by atoms with Crippen LogP contribution in [0.3, 0.4) is 0 Å². The highest BCUT2D eigenvalue weighted by atomic mass is 19.1. The highest BCUT2D eigenvalue weighted by molar-refractivity contribution is 5.94. The number of methoxy groups -OCH3 is 1. The number of anilines is 1. The minimum absolute atomic E-state index is 0.158. The molecule has 0 bridgehead atoms. The Balaban J connectivity index is 1.55. The Kier molecular flexibility index (Phi) is 6.28. The van der Waals surface area contributed by atoms with E-state index in [1.54, 1.807) is 25.3 Å². The fourth-order valence-electron chi connectivity index (χ4n) is 3.68. The number of likely N-dealkylation sites (tertiary alicyclic amines) is 1. The van der Waals surface area contributed by atoms with E-state index in [0.717, 1.165) is 39.0 Å². The summed E-state index contributed by atoms with van der Waals surface area (Å²) in [5.41, 5.74) is 6.05. The van der Waals surface area contributed by atoms with Crippen LogP contribution < -0.4 is 10.6 Å². The largest absolute Gasteiger partial charge is 0.460 e. The number of amidine groups is 1. The van der Waals surface area contributed by atoms with Gasteiger partial charge in [-0.05, 0) is 18.9 Å². The van der Waals surface area contributed by atoms with E-state index >= 15 is 0 Å². The van der Waals surface area contributed by atoms with Gasteiger partial charge in [-0.25, -0.2) is 4.39 Å². The van der Waals surface area contributed by atoms with E-state index in [1.165, 1.54) is 0 Å². The molecular weight excluding hydrogens is 351 g/mol. The van der Waals surface area contributed by atoms with Gasteiger partial charge in [-0.15, -0.1) is 0 Å². The van der Waals surface area contributed by atoms with Gasteiger partial charge in [0.15, 0.2) is 5.82 Å². The summed E-state index contributed by atoms with van der Waals surface area (Å²) in [6.07, 6.45) is 2.05. The van der Waals surface area contributed by atoms with Crippen LogP contribution in [0.4, 0.5) is 10.1 Å². The Hall–Kier alpha value is -2.19. The zero-order valence-electron chi connectivity index (χ0n) is 15.6. The number of piperidine rings is 1. The maximum atomic E-state index is 14.9. The molecule has 3 rings (SSSR count). The van der Waals surface area contributed by atoms with E-state index < -0.39 is 5.97 Å². The van der Waals surface area contributed by atoms with Crippen LogP contribution in [-0.4, -0.2) is 62.1 Å². The van der Waals surface area contributed by atoms with Crippen LogP contribution in [0.15, 0.2) is 18.2 Å².